The van der Waals surface area contributed by atoms with Crippen LogP contribution in [0.5, 0.6) is 0 Å². The van der Waals surface area contributed by atoms with E-state index < -0.39 is 23.9 Å². The lowest BCUT2D eigenvalue weighted by Crippen LogP contribution is -2.36. The molecule has 2 aromatic rings. The Morgan fingerprint density at radius 3 is 2.64 bits per heavy atom. The van der Waals surface area contributed by atoms with Gasteiger partial charge in [-0.3, -0.25) is 4.98 Å². The average molecular weight is 412 g/mol. The molecule has 1 saturated heterocycles. The molecule has 0 aliphatic carbocycles. The molecule has 1 amide bonds. The zero-order valence-electron chi connectivity index (χ0n) is 14.2. The summed E-state index contributed by atoms with van der Waals surface area (Å²) in [6.45, 7) is 5.50. The Morgan fingerprint density at radius 1 is 1.28 bits per heavy atom. The van der Waals surface area contributed by atoms with Gasteiger partial charge in [0.15, 0.2) is 5.82 Å². The van der Waals surface area contributed by atoms with E-state index in [-0.39, 0.29) is 13.1 Å². The SMILES string of the molecule is CC(C)(C)OC(=O)N1C[C@H](F)[C@H](Nc2ncc(Br)c3nccnc23)C1. The van der Waals surface area contributed by atoms with Gasteiger partial charge < -0.3 is 15.0 Å². The van der Waals surface area contributed by atoms with Crippen molar-refractivity contribution in [3.8, 4) is 0 Å². The molecular weight excluding hydrogens is 393 g/mol. The van der Waals surface area contributed by atoms with Gasteiger partial charge in [0, 0.05) is 25.1 Å². The summed E-state index contributed by atoms with van der Waals surface area (Å²) in [5.41, 5.74) is 0.560. The van der Waals surface area contributed by atoms with E-state index in [9.17, 15) is 9.18 Å². The molecule has 0 spiro atoms. The van der Waals surface area contributed by atoms with Crippen LogP contribution in [0.1, 0.15) is 20.8 Å². The van der Waals surface area contributed by atoms with E-state index in [0.717, 1.165) is 0 Å². The maximum Gasteiger partial charge on any atom is 0.410 e. The van der Waals surface area contributed by atoms with Crippen LogP contribution in [0.4, 0.5) is 15.0 Å². The number of fused-ring (bicyclic) bond motifs is 1. The molecular formula is C16H19BrFN5O2. The van der Waals surface area contributed by atoms with Gasteiger partial charge in [-0.25, -0.2) is 19.2 Å². The molecule has 0 saturated carbocycles. The number of carbonyl (C=O) groups is 1. The minimum Gasteiger partial charge on any atom is -0.444 e. The minimum absolute atomic E-state index is 0.0211. The van der Waals surface area contributed by atoms with Crippen molar-refractivity contribution in [1.29, 1.82) is 0 Å². The highest BCUT2D eigenvalue weighted by Crippen LogP contribution is 2.27. The first-order valence-electron chi connectivity index (χ1n) is 7.88. The summed E-state index contributed by atoms with van der Waals surface area (Å²) < 4.78 is 20.4. The fraction of sp³-hybridized carbons (Fsp3) is 0.500. The fourth-order valence-electron chi connectivity index (χ4n) is 2.59. The van der Waals surface area contributed by atoms with Gasteiger partial charge in [0.1, 0.15) is 22.8 Å². The standard InChI is InChI=1S/C16H19BrFN5O2/c1-16(2,3)25-15(24)23-7-10(18)11(8-23)22-14-13-12(9(17)6-21-14)19-4-5-20-13/h4-6,10-11H,7-8H2,1-3H3,(H,21,22)/t10-,11+/m0/s1. The van der Waals surface area contributed by atoms with E-state index in [1.54, 1.807) is 39.4 Å². The van der Waals surface area contributed by atoms with Gasteiger partial charge in [0.25, 0.3) is 0 Å². The Labute approximate surface area is 153 Å². The number of hydrogen-bond donors (Lipinski definition) is 1. The van der Waals surface area contributed by atoms with E-state index >= 15 is 0 Å². The van der Waals surface area contributed by atoms with Crippen molar-refractivity contribution >= 4 is 38.9 Å². The second-order valence-electron chi connectivity index (χ2n) is 6.86. The average Bonchev–Trinajstić information content (AvgIpc) is 2.90. The highest BCUT2D eigenvalue weighted by atomic mass is 79.9. The number of nitrogens with one attached hydrogen (secondary N) is 1. The largest absolute Gasteiger partial charge is 0.444 e. The maximum atomic E-state index is 14.4. The Bertz CT molecular complexity index is 798. The van der Waals surface area contributed by atoms with E-state index in [1.165, 1.54) is 4.90 Å². The van der Waals surface area contributed by atoms with Gasteiger partial charge in [-0.15, -0.1) is 0 Å². The van der Waals surface area contributed by atoms with Crippen LogP contribution in [0.15, 0.2) is 23.1 Å². The van der Waals surface area contributed by atoms with Gasteiger partial charge in [-0.1, -0.05) is 0 Å². The van der Waals surface area contributed by atoms with Crippen LogP contribution in [0.2, 0.25) is 0 Å². The molecule has 0 unspecified atom stereocenters. The normalized spacial score (nSPS) is 20.8. The number of anilines is 1. The number of pyridine rings is 1. The fourth-order valence-corrected chi connectivity index (χ4v) is 2.98. The number of aromatic nitrogens is 3. The molecule has 2 atom stereocenters. The molecule has 2 aromatic heterocycles. The number of carbonyl (C=O) groups excluding carboxylic acids is 1. The molecule has 25 heavy (non-hydrogen) atoms. The number of amides is 1. The van der Waals surface area contributed by atoms with Crippen LogP contribution in [0.3, 0.4) is 0 Å². The Hall–Kier alpha value is -2.03. The van der Waals surface area contributed by atoms with Gasteiger partial charge in [0.2, 0.25) is 0 Å². The molecule has 3 heterocycles. The lowest BCUT2D eigenvalue weighted by Gasteiger charge is -2.24. The van der Waals surface area contributed by atoms with Crippen molar-refractivity contribution < 1.29 is 13.9 Å². The summed E-state index contributed by atoms with van der Waals surface area (Å²) in [5.74, 6) is 0.435. The molecule has 1 fully saturated rings. The van der Waals surface area contributed by atoms with Crippen LogP contribution in [-0.2, 0) is 4.74 Å². The third-order valence-corrected chi connectivity index (χ3v) is 4.26. The van der Waals surface area contributed by atoms with Crippen molar-refractivity contribution in [3.05, 3.63) is 23.1 Å². The van der Waals surface area contributed by atoms with Crippen LogP contribution >= 0.6 is 15.9 Å². The number of rotatable bonds is 2. The number of hydrogen-bond acceptors (Lipinski definition) is 6. The van der Waals surface area contributed by atoms with Crippen LogP contribution in [0, 0.1) is 0 Å². The number of likely N-dealkylation sites (tertiary alicyclic amines) is 1. The van der Waals surface area contributed by atoms with Crippen molar-refractivity contribution in [2.75, 3.05) is 18.4 Å². The molecule has 9 heteroatoms. The van der Waals surface area contributed by atoms with Crippen LogP contribution in [-0.4, -0.2) is 56.8 Å². The van der Waals surface area contributed by atoms with Gasteiger partial charge in [0.05, 0.1) is 17.1 Å². The predicted octanol–water partition coefficient (Wildman–Crippen LogP) is 3.16. The molecule has 7 nitrogen and oxygen atoms in total. The van der Waals surface area contributed by atoms with Gasteiger partial charge >= 0.3 is 6.09 Å². The quantitative estimate of drug-likeness (QED) is 0.817. The van der Waals surface area contributed by atoms with E-state index in [4.69, 9.17) is 4.74 Å². The highest BCUT2D eigenvalue weighted by molar-refractivity contribution is 9.10. The summed E-state index contributed by atoms with van der Waals surface area (Å²) in [5, 5.41) is 3.05. The first-order chi connectivity index (χ1) is 11.7. The molecule has 0 aromatic carbocycles. The lowest BCUT2D eigenvalue weighted by atomic mass is 10.2. The Balaban J connectivity index is 1.76. The zero-order valence-corrected chi connectivity index (χ0v) is 15.7. The minimum atomic E-state index is -1.23. The van der Waals surface area contributed by atoms with Crippen molar-refractivity contribution in [2.24, 2.45) is 0 Å². The Kier molecular flexibility index (Phi) is 4.77. The van der Waals surface area contributed by atoms with Gasteiger partial charge in [-0.2, -0.15) is 0 Å². The second-order valence-corrected chi connectivity index (χ2v) is 7.71. The second kappa shape index (κ2) is 6.70. The molecule has 1 N–H and O–H groups in total. The molecule has 1 aliphatic rings. The first kappa shape index (κ1) is 17.8. The number of ether oxygens (including phenoxy) is 1. The number of alkyl halides is 1. The number of halogens is 2. The number of nitrogens with zero attached hydrogens (tertiary/aromatic N) is 4. The summed E-state index contributed by atoms with van der Waals surface area (Å²) in [7, 11) is 0. The van der Waals surface area contributed by atoms with Crippen LogP contribution in [0.25, 0.3) is 11.0 Å². The summed E-state index contributed by atoms with van der Waals surface area (Å²) in [4.78, 5) is 26.3. The molecule has 3 rings (SSSR count). The molecule has 0 radical (unpaired) electrons. The monoisotopic (exact) mass is 411 g/mol. The van der Waals surface area contributed by atoms with Crippen molar-refractivity contribution in [1.82, 2.24) is 19.9 Å². The van der Waals surface area contributed by atoms with Crippen LogP contribution < -0.4 is 5.32 Å². The third kappa shape index (κ3) is 3.97. The van der Waals surface area contributed by atoms with Crippen molar-refractivity contribution in [2.45, 2.75) is 38.6 Å². The smallest absolute Gasteiger partial charge is 0.410 e. The molecule has 0 bridgehead atoms. The molecule has 1 aliphatic heterocycles. The Morgan fingerprint density at radius 2 is 1.96 bits per heavy atom. The van der Waals surface area contributed by atoms with E-state index in [2.05, 4.69) is 36.2 Å². The summed E-state index contributed by atoms with van der Waals surface area (Å²) in [6, 6.07) is -0.591. The van der Waals surface area contributed by atoms with Gasteiger partial charge in [-0.05, 0) is 36.7 Å². The predicted molar refractivity (Wildman–Crippen MR) is 95.1 cm³/mol. The summed E-state index contributed by atoms with van der Waals surface area (Å²) in [6.07, 6.45) is 2.97. The molecule has 134 valence electrons. The zero-order chi connectivity index (χ0) is 18.2. The lowest BCUT2D eigenvalue weighted by molar-refractivity contribution is 0.0283. The van der Waals surface area contributed by atoms with Crippen molar-refractivity contribution in [3.63, 3.8) is 0 Å². The first-order valence-corrected chi connectivity index (χ1v) is 8.67. The summed E-state index contributed by atoms with van der Waals surface area (Å²) >= 11 is 3.38. The third-order valence-electron chi connectivity index (χ3n) is 3.68. The van der Waals surface area contributed by atoms with E-state index in [1.807, 2.05) is 0 Å². The van der Waals surface area contributed by atoms with E-state index in [0.29, 0.717) is 21.3 Å². The highest BCUT2D eigenvalue weighted by Gasteiger charge is 2.37. The maximum absolute atomic E-state index is 14.4. The topological polar surface area (TPSA) is 80.2 Å².